The predicted molar refractivity (Wildman–Crippen MR) is 106 cm³/mol. The zero-order valence-corrected chi connectivity index (χ0v) is 16.4. The summed E-state index contributed by atoms with van der Waals surface area (Å²) in [5.41, 5.74) is 1.61. The topological polar surface area (TPSA) is 64.7 Å². The molecule has 6 nitrogen and oxygen atoms in total. The van der Waals surface area contributed by atoms with E-state index in [-0.39, 0.29) is 0 Å². The number of rotatable bonds is 5. The monoisotopic (exact) mass is 382 g/mol. The van der Waals surface area contributed by atoms with Gasteiger partial charge >= 0.3 is 0 Å². The normalized spacial score (nSPS) is 18.6. The van der Waals surface area contributed by atoms with Crippen LogP contribution in [0.15, 0.2) is 23.1 Å². The number of anilines is 2. The van der Waals surface area contributed by atoms with Crippen LogP contribution in [-0.2, 0) is 10.0 Å². The lowest BCUT2D eigenvalue weighted by Gasteiger charge is -2.27. The van der Waals surface area contributed by atoms with Crippen LogP contribution in [0.3, 0.4) is 0 Å². The van der Waals surface area contributed by atoms with Gasteiger partial charge in [0.05, 0.1) is 16.3 Å². The summed E-state index contributed by atoms with van der Waals surface area (Å²) in [5.74, 6) is 0. The molecule has 25 heavy (non-hydrogen) atoms. The maximum Gasteiger partial charge on any atom is 0.243 e. The van der Waals surface area contributed by atoms with Crippen LogP contribution in [-0.4, -0.2) is 51.1 Å². The first-order chi connectivity index (χ1) is 11.9. The summed E-state index contributed by atoms with van der Waals surface area (Å²) in [7, 11) is 0.392. The standard InChI is InChI=1S/C17H26N4O2S2/c1-20(2)16-9-8-14(25(22,23)21-10-4-3-5-11-21)12-15(16)19-17(24)18-13-6-7-13/h8-9,12-13H,3-7,10-11H2,1-2H3,(H2,18,19,24). The number of nitrogens with zero attached hydrogens (tertiary/aromatic N) is 2. The predicted octanol–water partition coefficient (Wildman–Crippen LogP) is 2.38. The molecule has 2 aliphatic rings. The Kier molecular flexibility index (Phi) is 5.50. The quantitative estimate of drug-likeness (QED) is 0.763. The third-order valence-electron chi connectivity index (χ3n) is 4.56. The van der Waals surface area contributed by atoms with E-state index in [1.165, 1.54) is 0 Å². The molecule has 2 fully saturated rings. The van der Waals surface area contributed by atoms with Gasteiger partial charge < -0.3 is 15.5 Å². The molecule has 0 aromatic heterocycles. The van der Waals surface area contributed by atoms with Gasteiger partial charge in [-0.05, 0) is 56.1 Å². The number of benzene rings is 1. The molecule has 1 aliphatic heterocycles. The summed E-state index contributed by atoms with van der Waals surface area (Å²) in [6.45, 7) is 1.20. The first-order valence-electron chi connectivity index (χ1n) is 8.77. The number of nitrogens with one attached hydrogen (secondary N) is 2. The Morgan fingerprint density at radius 3 is 2.48 bits per heavy atom. The van der Waals surface area contributed by atoms with Crippen LogP contribution in [0, 0.1) is 0 Å². The largest absolute Gasteiger partial charge is 0.376 e. The summed E-state index contributed by atoms with van der Waals surface area (Å²) in [6.07, 6.45) is 5.21. The van der Waals surface area contributed by atoms with Crippen molar-refractivity contribution in [3.8, 4) is 0 Å². The molecule has 8 heteroatoms. The van der Waals surface area contributed by atoms with Crippen molar-refractivity contribution in [2.24, 2.45) is 0 Å². The Morgan fingerprint density at radius 1 is 1.20 bits per heavy atom. The van der Waals surface area contributed by atoms with Crippen molar-refractivity contribution in [3.63, 3.8) is 0 Å². The molecule has 0 radical (unpaired) electrons. The number of sulfonamides is 1. The molecule has 1 saturated carbocycles. The van der Waals surface area contributed by atoms with Gasteiger partial charge in [0.25, 0.3) is 0 Å². The van der Waals surface area contributed by atoms with Gasteiger partial charge in [-0.3, -0.25) is 0 Å². The van der Waals surface area contributed by atoms with Gasteiger partial charge in [0.1, 0.15) is 0 Å². The molecule has 0 spiro atoms. The second kappa shape index (κ2) is 7.47. The van der Waals surface area contributed by atoms with E-state index >= 15 is 0 Å². The smallest absolute Gasteiger partial charge is 0.243 e. The van der Waals surface area contributed by atoms with E-state index < -0.39 is 10.0 Å². The van der Waals surface area contributed by atoms with E-state index in [4.69, 9.17) is 12.2 Å². The lowest BCUT2D eigenvalue weighted by molar-refractivity contribution is 0.346. The fourth-order valence-electron chi connectivity index (χ4n) is 2.99. The first kappa shape index (κ1) is 18.4. The minimum absolute atomic E-state index is 0.316. The van der Waals surface area contributed by atoms with Gasteiger partial charge in [-0.25, -0.2) is 8.42 Å². The van der Waals surface area contributed by atoms with Gasteiger partial charge in [-0.2, -0.15) is 4.31 Å². The number of hydrogen-bond donors (Lipinski definition) is 2. The highest BCUT2D eigenvalue weighted by molar-refractivity contribution is 7.89. The molecule has 0 amide bonds. The molecule has 1 saturated heterocycles. The van der Waals surface area contributed by atoms with E-state index in [0.29, 0.717) is 34.8 Å². The van der Waals surface area contributed by atoms with Crippen LogP contribution < -0.4 is 15.5 Å². The lowest BCUT2D eigenvalue weighted by atomic mass is 10.2. The Balaban J connectivity index is 1.86. The average molecular weight is 383 g/mol. The van der Waals surface area contributed by atoms with Gasteiger partial charge in [-0.1, -0.05) is 6.42 Å². The van der Waals surface area contributed by atoms with Crippen molar-refractivity contribution >= 4 is 38.7 Å². The number of thiocarbonyl (C=S) groups is 1. The molecule has 0 unspecified atom stereocenters. The van der Waals surface area contributed by atoms with Crippen LogP contribution in [0.2, 0.25) is 0 Å². The Morgan fingerprint density at radius 2 is 1.88 bits per heavy atom. The fraction of sp³-hybridized carbons (Fsp3) is 0.588. The van der Waals surface area contributed by atoms with Crippen molar-refractivity contribution in [2.75, 3.05) is 37.4 Å². The van der Waals surface area contributed by atoms with Crippen LogP contribution in [0.1, 0.15) is 32.1 Å². The van der Waals surface area contributed by atoms with Gasteiger partial charge in [-0.15, -0.1) is 0 Å². The van der Waals surface area contributed by atoms with Gasteiger partial charge in [0.15, 0.2) is 5.11 Å². The molecule has 1 heterocycles. The molecule has 1 aromatic rings. The summed E-state index contributed by atoms with van der Waals surface area (Å²) in [5, 5.41) is 6.95. The molecule has 3 rings (SSSR count). The van der Waals surface area contributed by atoms with Crippen LogP contribution in [0.5, 0.6) is 0 Å². The van der Waals surface area contributed by atoms with Crippen molar-refractivity contribution in [3.05, 3.63) is 18.2 Å². The van der Waals surface area contributed by atoms with Gasteiger partial charge in [0, 0.05) is 33.2 Å². The lowest BCUT2D eigenvalue weighted by Crippen LogP contribution is -2.35. The summed E-state index contributed by atoms with van der Waals surface area (Å²) < 4.78 is 27.4. The summed E-state index contributed by atoms with van der Waals surface area (Å²) in [6, 6.07) is 5.66. The van der Waals surface area contributed by atoms with E-state index in [0.717, 1.165) is 37.8 Å². The van der Waals surface area contributed by atoms with Crippen molar-refractivity contribution < 1.29 is 8.42 Å². The SMILES string of the molecule is CN(C)c1ccc(S(=O)(=O)N2CCCCC2)cc1NC(=S)NC1CC1. The molecule has 1 aromatic carbocycles. The van der Waals surface area contributed by atoms with Crippen LogP contribution in [0.25, 0.3) is 0 Å². The Hall–Kier alpha value is -1.38. The highest BCUT2D eigenvalue weighted by atomic mass is 32.2. The molecular weight excluding hydrogens is 356 g/mol. The van der Waals surface area contributed by atoms with Crippen LogP contribution >= 0.6 is 12.2 Å². The van der Waals surface area contributed by atoms with E-state index in [1.54, 1.807) is 16.4 Å². The zero-order valence-electron chi connectivity index (χ0n) is 14.8. The van der Waals surface area contributed by atoms with Crippen molar-refractivity contribution in [1.82, 2.24) is 9.62 Å². The summed E-state index contributed by atoms with van der Waals surface area (Å²) in [4.78, 5) is 2.26. The molecule has 2 N–H and O–H groups in total. The third kappa shape index (κ3) is 4.43. The minimum Gasteiger partial charge on any atom is -0.376 e. The minimum atomic E-state index is -3.46. The second-order valence-corrected chi connectivity index (χ2v) is 9.26. The molecular formula is C17H26N4O2S2. The van der Waals surface area contributed by atoms with E-state index in [1.807, 2.05) is 25.1 Å². The fourth-order valence-corrected chi connectivity index (χ4v) is 4.81. The molecule has 0 bridgehead atoms. The number of piperidine rings is 1. The maximum atomic E-state index is 12.9. The zero-order chi connectivity index (χ0) is 18.0. The molecule has 1 aliphatic carbocycles. The van der Waals surface area contributed by atoms with E-state index in [9.17, 15) is 8.42 Å². The third-order valence-corrected chi connectivity index (χ3v) is 6.68. The highest BCUT2D eigenvalue weighted by Gasteiger charge is 2.27. The molecule has 0 atom stereocenters. The van der Waals surface area contributed by atoms with Crippen molar-refractivity contribution in [1.29, 1.82) is 0 Å². The average Bonchev–Trinajstić information content (AvgIpc) is 3.39. The number of hydrogen-bond acceptors (Lipinski definition) is 4. The van der Waals surface area contributed by atoms with Crippen molar-refractivity contribution in [2.45, 2.75) is 43.0 Å². The highest BCUT2D eigenvalue weighted by Crippen LogP contribution is 2.30. The first-order valence-corrected chi connectivity index (χ1v) is 10.6. The summed E-state index contributed by atoms with van der Waals surface area (Å²) >= 11 is 5.36. The maximum absolute atomic E-state index is 12.9. The Labute approximate surface area is 155 Å². The second-order valence-electron chi connectivity index (χ2n) is 6.91. The Bertz CT molecular complexity index is 739. The van der Waals surface area contributed by atoms with Gasteiger partial charge in [0.2, 0.25) is 10.0 Å². The van der Waals surface area contributed by atoms with E-state index in [2.05, 4.69) is 10.6 Å². The van der Waals surface area contributed by atoms with Crippen LogP contribution in [0.4, 0.5) is 11.4 Å². The molecule has 138 valence electrons.